The van der Waals surface area contributed by atoms with Gasteiger partial charge in [0.05, 0.1) is 0 Å². The van der Waals surface area contributed by atoms with E-state index in [1.54, 1.807) is 0 Å². The Balaban J connectivity index is 1.43. The van der Waals surface area contributed by atoms with Crippen LogP contribution in [0.25, 0.3) is 0 Å². The van der Waals surface area contributed by atoms with E-state index in [0.717, 1.165) is 36.6 Å². The molecule has 0 saturated heterocycles. The van der Waals surface area contributed by atoms with E-state index in [1.165, 1.54) is 17.7 Å². The van der Waals surface area contributed by atoms with Crippen LogP contribution in [0.1, 0.15) is 11.1 Å². The first kappa shape index (κ1) is 16.2. The Kier molecular flexibility index (Phi) is 5.59. The summed E-state index contributed by atoms with van der Waals surface area (Å²) < 4.78 is 18.6. The molecule has 0 amide bonds. The van der Waals surface area contributed by atoms with E-state index < -0.39 is 0 Å². The molecule has 3 rings (SSSR count). The van der Waals surface area contributed by atoms with Crippen LogP contribution in [-0.4, -0.2) is 6.54 Å². The average molecular weight is 321 g/mol. The maximum absolute atomic E-state index is 12.8. The first-order valence-electron chi connectivity index (χ1n) is 8.06. The van der Waals surface area contributed by atoms with E-state index in [2.05, 4.69) is 17.4 Å². The van der Waals surface area contributed by atoms with Crippen LogP contribution in [-0.2, 0) is 13.0 Å². The van der Waals surface area contributed by atoms with Crippen molar-refractivity contribution in [2.75, 3.05) is 6.54 Å². The lowest BCUT2D eigenvalue weighted by atomic mass is 10.1. The van der Waals surface area contributed by atoms with Gasteiger partial charge in [0.1, 0.15) is 17.3 Å². The van der Waals surface area contributed by atoms with Crippen LogP contribution >= 0.6 is 0 Å². The molecule has 0 bridgehead atoms. The monoisotopic (exact) mass is 321 g/mol. The largest absolute Gasteiger partial charge is 0.457 e. The fourth-order valence-electron chi connectivity index (χ4n) is 2.42. The number of hydrogen-bond donors (Lipinski definition) is 1. The molecule has 1 N–H and O–H groups in total. The zero-order valence-corrected chi connectivity index (χ0v) is 13.4. The molecule has 24 heavy (non-hydrogen) atoms. The van der Waals surface area contributed by atoms with E-state index in [-0.39, 0.29) is 5.82 Å². The lowest BCUT2D eigenvalue weighted by Gasteiger charge is -2.08. The van der Waals surface area contributed by atoms with Gasteiger partial charge in [-0.05, 0) is 60.5 Å². The SMILES string of the molecule is Fc1ccc(CCNCc2ccc(Oc3ccccc3)cc2)cc1. The van der Waals surface area contributed by atoms with Crippen molar-refractivity contribution < 1.29 is 9.13 Å². The molecule has 3 aromatic carbocycles. The van der Waals surface area contributed by atoms with Crippen molar-refractivity contribution in [3.63, 3.8) is 0 Å². The molecule has 0 radical (unpaired) electrons. The second kappa shape index (κ2) is 8.27. The van der Waals surface area contributed by atoms with Crippen LogP contribution in [0.5, 0.6) is 11.5 Å². The number of nitrogens with one attached hydrogen (secondary N) is 1. The summed E-state index contributed by atoms with van der Waals surface area (Å²) in [4.78, 5) is 0. The van der Waals surface area contributed by atoms with Crippen molar-refractivity contribution >= 4 is 0 Å². The van der Waals surface area contributed by atoms with E-state index in [0.29, 0.717) is 0 Å². The number of benzene rings is 3. The van der Waals surface area contributed by atoms with Crippen LogP contribution in [0.15, 0.2) is 78.9 Å². The van der Waals surface area contributed by atoms with Gasteiger partial charge in [0.15, 0.2) is 0 Å². The molecule has 0 aliphatic carbocycles. The van der Waals surface area contributed by atoms with Gasteiger partial charge in [0.2, 0.25) is 0 Å². The Bertz CT molecular complexity index is 739. The minimum Gasteiger partial charge on any atom is -0.457 e. The molecular weight excluding hydrogens is 301 g/mol. The molecular formula is C21H20FNO. The fourth-order valence-corrected chi connectivity index (χ4v) is 2.42. The molecule has 2 nitrogen and oxygen atoms in total. The molecule has 0 fully saturated rings. The number of hydrogen-bond acceptors (Lipinski definition) is 2. The summed E-state index contributed by atoms with van der Waals surface area (Å²) in [6.07, 6.45) is 0.884. The highest BCUT2D eigenvalue weighted by Gasteiger charge is 1.98. The predicted molar refractivity (Wildman–Crippen MR) is 94.8 cm³/mol. The standard InChI is InChI=1S/C21H20FNO/c22-19-10-6-17(7-11-19)14-15-23-16-18-8-12-21(13-9-18)24-20-4-2-1-3-5-20/h1-13,23H,14-16H2. The zero-order chi connectivity index (χ0) is 16.6. The lowest BCUT2D eigenvalue weighted by molar-refractivity contribution is 0.482. The van der Waals surface area contributed by atoms with Crippen molar-refractivity contribution in [3.05, 3.63) is 95.8 Å². The van der Waals surface area contributed by atoms with Crippen molar-refractivity contribution in [2.24, 2.45) is 0 Å². The topological polar surface area (TPSA) is 21.3 Å². The smallest absolute Gasteiger partial charge is 0.127 e. The Labute approximate surface area is 141 Å². The highest BCUT2D eigenvalue weighted by Crippen LogP contribution is 2.21. The van der Waals surface area contributed by atoms with E-state index in [4.69, 9.17) is 4.74 Å². The average Bonchev–Trinajstić information content (AvgIpc) is 2.62. The summed E-state index contributed by atoms with van der Waals surface area (Å²) >= 11 is 0. The van der Waals surface area contributed by atoms with E-state index in [1.807, 2.05) is 54.6 Å². The molecule has 0 unspecified atom stereocenters. The highest BCUT2D eigenvalue weighted by atomic mass is 19.1. The van der Waals surface area contributed by atoms with Gasteiger partial charge < -0.3 is 10.1 Å². The Morgan fingerprint density at radius 2 is 1.33 bits per heavy atom. The highest BCUT2D eigenvalue weighted by molar-refractivity contribution is 5.32. The van der Waals surface area contributed by atoms with Crippen LogP contribution < -0.4 is 10.1 Å². The third-order valence-electron chi connectivity index (χ3n) is 3.74. The zero-order valence-electron chi connectivity index (χ0n) is 13.4. The minimum atomic E-state index is -0.190. The summed E-state index contributed by atoms with van der Waals surface area (Å²) in [5.41, 5.74) is 2.34. The number of halogens is 1. The minimum absolute atomic E-state index is 0.190. The Hall–Kier alpha value is -2.65. The second-order valence-electron chi connectivity index (χ2n) is 5.61. The summed E-state index contributed by atoms with van der Waals surface area (Å²) in [6, 6.07) is 24.5. The van der Waals surface area contributed by atoms with Crippen LogP contribution in [0.3, 0.4) is 0 Å². The summed E-state index contributed by atoms with van der Waals surface area (Å²) in [7, 11) is 0. The predicted octanol–water partition coefficient (Wildman–Crippen LogP) is 4.95. The maximum atomic E-state index is 12.8. The third kappa shape index (κ3) is 4.93. The van der Waals surface area contributed by atoms with Crippen LogP contribution in [0.2, 0.25) is 0 Å². The maximum Gasteiger partial charge on any atom is 0.127 e. The van der Waals surface area contributed by atoms with Crippen molar-refractivity contribution in [2.45, 2.75) is 13.0 Å². The van der Waals surface area contributed by atoms with Gasteiger partial charge in [-0.25, -0.2) is 4.39 Å². The molecule has 3 heteroatoms. The molecule has 0 atom stereocenters. The first-order valence-corrected chi connectivity index (χ1v) is 8.06. The fraction of sp³-hybridized carbons (Fsp3) is 0.143. The van der Waals surface area contributed by atoms with Gasteiger partial charge >= 0.3 is 0 Å². The van der Waals surface area contributed by atoms with Gasteiger partial charge in [0, 0.05) is 6.54 Å². The number of ether oxygens (including phenoxy) is 1. The second-order valence-corrected chi connectivity index (χ2v) is 5.61. The molecule has 0 heterocycles. The van der Waals surface area contributed by atoms with Crippen LogP contribution in [0.4, 0.5) is 4.39 Å². The molecule has 0 spiro atoms. The Morgan fingerprint density at radius 1 is 0.708 bits per heavy atom. The molecule has 0 saturated carbocycles. The van der Waals surface area contributed by atoms with E-state index in [9.17, 15) is 4.39 Å². The van der Waals surface area contributed by atoms with Crippen molar-refractivity contribution in [1.82, 2.24) is 5.32 Å². The van der Waals surface area contributed by atoms with Crippen molar-refractivity contribution in [1.29, 1.82) is 0 Å². The summed E-state index contributed by atoms with van der Waals surface area (Å²) in [5, 5.41) is 3.40. The molecule has 0 aromatic heterocycles. The molecule has 3 aromatic rings. The number of para-hydroxylation sites is 1. The van der Waals surface area contributed by atoms with Crippen LogP contribution in [0, 0.1) is 5.82 Å². The Morgan fingerprint density at radius 3 is 2.04 bits per heavy atom. The molecule has 0 aliphatic heterocycles. The van der Waals surface area contributed by atoms with Gasteiger partial charge in [-0.1, -0.05) is 42.5 Å². The van der Waals surface area contributed by atoms with Gasteiger partial charge in [-0.15, -0.1) is 0 Å². The van der Waals surface area contributed by atoms with Gasteiger partial charge in [-0.2, -0.15) is 0 Å². The van der Waals surface area contributed by atoms with Crippen molar-refractivity contribution in [3.8, 4) is 11.5 Å². The van der Waals surface area contributed by atoms with E-state index >= 15 is 0 Å². The molecule has 0 aliphatic rings. The summed E-state index contributed by atoms with van der Waals surface area (Å²) in [5.74, 6) is 1.48. The quantitative estimate of drug-likeness (QED) is 0.622. The third-order valence-corrected chi connectivity index (χ3v) is 3.74. The van der Waals surface area contributed by atoms with Gasteiger partial charge in [0.25, 0.3) is 0 Å². The molecule has 122 valence electrons. The normalized spacial score (nSPS) is 10.5. The lowest BCUT2D eigenvalue weighted by Crippen LogP contribution is -2.16. The van der Waals surface area contributed by atoms with Gasteiger partial charge in [-0.3, -0.25) is 0 Å². The first-order chi connectivity index (χ1) is 11.8. The summed E-state index contributed by atoms with van der Waals surface area (Å²) in [6.45, 7) is 1.65. The number of rotatable bonds is 7.